The maximum Gasteiger partial charge on any atom is 0.338 e. The number of amides is 1. The minimum atomic E-state index is -0.803. The van der Waals surface area contributed by atoms with E-state index in [0.717, 1.165) is 16.2 Å². The van der Waals surface area contributed by atoms with Crippen molar-refractivity contribution in [3.63, 3.8) is 0 Å². The number of likely N-dealkylation sites (N-methyl/N-ethyl adjacent to an activating group) is 1. The highest BCUT2D eigenvalue weighted by atomic mass is 35.5. The number of hydrogen-bond acceptors (Lipinski definition) is 4. The Bertz CT molecular complexity index is 729. The maximum absolute atomic E-state index is 12.1. The molecule has 0 N–H and O–H groups in total. The van der Waals surface area contributed by atoms with Crippen LogP contribution in [0.2, 0.25) is 5.02 Å². The lowest BCUT2D eigenvalue weighted by Gasteiger charge is -2.17. The van der Waals surface area contributed by atoms with Gasteiger partial charge in [-0.25, -0.2) is 4.79 Å². The molecule has 1 atom stereocenters. The molecule has 0 fully saturated rings. The number of esters is 1. The molecular formula is C19H20ClNO3S. The number of rotatable bonds is 6. The Balaban J connectivity index is 1.91. The number of halogens is 1. The van der Waals surface area contributed by atoms with E-state index in [-0.39, 0.29) is 5.91 Å². The van der Waals surface area contributed by atoms with Gasteiger partial charge in [-0.1, -0.05) is 23.7 Å². The van der Waals surface area contributed by atoms with Crippen LogP contribution in [0.5, 0.6) is 0 Å². The topological polar surface area (TPSA) is 46.6 Å². The lowest BCUT2D eigenvalue weighted by molar-refractivity contribution is -0.137. The SMILES string of the molecule is C[C@@H](OC(=O)c1ccc(CSc2ccc(Cl)cc2)cc1)C(=O)N(C)C. The Morgan fingerprint density at radius 1 is 1.08 bits per heavy atom. The smallest absolute Gasteiger partial charge is 0.338 e. The summed E-state index contributed by atoms with van der Waals surface area (Å²) in [5, 5.41) is 0.717. The van der Waals surface area contributed by atoms with Gasteiger partial charge < -0.3 is 9.64 Å². The second kappa shape index (κ2) is 8.92. The molecule has 0 spiro atoms. The molecule has 1 amide bonds. The lowest BCUT2D eigenvalue weighted by atomic mass is 10.1. The first kappa shape index (κ1) is 19.3. The fourth-order valence-electron chi connectivity index (χ4n) is 2.08. The summed E-state index contributed by atoms with van der Waals surface area (Å²) < 4.78 is 5.19. The van der Waals surface area contributed by atoms with Crippen molar-refractivity contribution in [3.8, 4) is 0 Å². The van der Waals surface area contributed by atoms with Crippen molar-refractivity contribution in [2.45, 2.75) is 23.7 Å². The Labute approximate surface area is 157 Å². The fourth-order valence-corrected chi connectivity index (χ4v) is 3.06. The molecule has 2 aromatic carbocycles. The monoisotopic (exact) mass is 377 g/mol. The van der Waals surface area contributed by atoms with Gasteiger partial charge in [-0.15, -0.1) is 11.8 Å². The first-order valence-corrected chi connectivity index (χ1v) is 9.12. The van der Waals surface area contributed by atoms with E-state index in [9.17, 15) is 9.59 Å². The fraction of sp³-hybridized carbons (Fsp3) is 0.263. The van der Waals surface area contributed by atoms with E-state index in [1.54, 1.807) is 44.9 Å². The second-order valence-electron chi connectivity index (χ2n) is 5.72. The highest BCUT2D eigenvalue weighted by Crippen LogP contribution is 2.24. The molecule has 0 saturated carbocycles. The van der Waals surface area contributed by atoms with Gasteiger partial charge in [-0.2, -0.15) is 0 Å². The van der Waals surface area contributed by atoms with E-state index >= 15 is 0 Å². The van der Waals surface area contributed by atoms with Crippen molar-refractivity contribution in [1.29, 1.82) is 0 Å². The van der Waals surface area contributed by atoms with Gasteiger partial charge in [-0.05, 0) is 48.9 Å². The van der Waals surface area contributed by atoms with Crippen LogP contribution in [0.4, 0.5) is 0 Å². The Morgan fingerprint density at radius 3 is 2.24 bits per heavy atom. The van der Waals surface area contributed by atoms with Crippen molar-refractivity contribution in [3.05, 3.63) is 64.7 Å². The Morgan fingerprint density at radius 2 is 1.68 bits per heavy atom. The zero-order chi connectivity index (χ0) is 18.4. The van der Waals surface area contributed by atoms with Crippen molar-refractivity contribution in [1.82, 2.24) is 4.90 Å². The van der Waals surface area contributed by atoms with Crippen LogP contribution in [0.25, 0.3) is 0 Å². The minimum absolute atomic E-state index is 0.246. The molecule has 0 unspecified atom stereocenters. The van der Waals surface area contributed by atoms with Crippen LogP contribution in [-0.4, -0.2) is 37.0 Å². The van der Waals surface area contributed by atoms with Crippen LogP contribution in [-0.2, 0) is 15.3 Å². The quantitative estimate of drug-likeness (QED) is 0.557. The molecule has 0 saturated heterocycles. The first-order valence-electron chi connectivity index (χ1n) is 7.76. The van der Waals surface area contributed by atoms with E-state index in [1.165, 1.54) is 4.90 Å². The van der Waals surface area contributed by atoms with Gasteiger partial charge in [0, 0.05) is 29.8 Å². The Kier molecular flexibility index (Phi) is 6.91. The van der Waals surface area contributed by atoms with Crippen LogP contribution in [0.1, 0.15) is 22.8 Å². The number of nitrogens with zero attached hydrogens (tertiary/aromatic N) is 1. The summed E-state index contributed by atoms with van der Waals surface area (Å²) in [4.78, 5) is 26.4. The second-order valence-corrected chi connectivity index (χ2v) is 7.20. The summed E-state index contributed by atoms with van der Waals surface area (Å²) in [5.74, 6) is 0.0379. The van der Waals surface area contributed by atoms with Gasteiger partial charge in [0.05, 0.1) is 5.56 Å². The van der Waals surface area contributed by atoms with Crippen LogP contribution in [0.15, 0.2) is 53.4 Å². The van der Waals surface area contributed by atoms with Crippen LogP contribution in [0, 0.1) is 0 Å². The maximum atomic E-state index is 12.1. The molecular weight excluding hydrogens is 358 g/mol. The minimum Gasteiger partial charge on any atom is -0.449 e. The van der Waals surface area contributed by atoms with Gasteiger partial charge in [0.25, 0.3) is 5.91 Å². The molecule has 2 rings (SSSR count). The standard InChI is InChI=1S/C19H20ClNO3S/c1-13(18(22)21(2)3)24-19(23)15-6-4-14(5-7-15)12-25-17-10-8-16(20)9-11-17/h4-11,13H,12H2,1-3H3/t13-/m1/s1. The van der Waals surface area contributed by atoms with Gasteiger partial charge in [-0.3, -0.25) is 4.79 Å². The van der Waals surface area contributed by atoms with Crippen LogP contribution in [0.3, 0.4) is 0 Å². The normalized spacial score (nSPS) is 11.7. The molecule has 0 aromatic heterocycles. The van der Waals surface area contributed by atoms with E-state index < -0.39 is 12.1 Å². The molecule has 0 bridgehead atoms. The summed E-state index contributed by atoms with van der Waals surface area (Å²) in [6.45, 7) is 1.57. The third-order valence-corrected chi connectivity index (χ3v) is 4.82. The van der Waals surface area contributed by atoms with Gasteiger partial charge in [0.1, 0.15) is 0 Å². The molecule has 25 heavy (non-hydrogen) atoms. The van der Waals surface area contributed by atoms with Gasteiger partial charge in [0.2, 0.25) is 0 Å². The van der Waals surface area contributed by atoms with Crippen molar-refractivity contribution in [2.24, 2.45) is 0 Å². The molecule has 2 aromatic rings. The zero-order valence-corrected chi connectivity index (χ0v) is 15.9. The molecule has 0 aliphatic heterocycles. The summed E-state index contributed by atoms with van der Waals surface area (Å²) in [7, 11) is 3.25. The summed E-state index contributed by atoms with van der Waals surface area (Å²) in [5.41, 5.74) is 1.52. The molecule has 0 heterocycles. The van der Waals surface area contributed by atoms with E-state index in [2.05, 4.69) is 0 Å². The largest absolute Gasteiger partial charge is 0.449 e. The number of ether oxygens (including phenoxy) is 1. The first-order chi connectivity index (χ1) is 11.9. The van der Waals surface area contributed by atoms with Crippen molar-refractivity contribution in [2.75, 3.05) is 14.1 Å². The molecule has 4 nitrogen and oxygen atoms in total. The Hall–Kier alpha value is -1.98. The van der Waals surface area contributed by atoms with E-state index in [4.69, 9.17) is 16.3 Å². The van der Waals surface area contributed by atoms with Crippen LogP contribution >= 0.6 is 23.4 Å². The van der Waals surface area contributed by atoms with E-state index in [0.29, 0.717) is 10.6 Å². The number of carbonyl (C=O) groups excluding carboxylic acids is 2. The number of carbonyl (C=O) groups is 2. The van der Waals surface area contributed by atoms with Crippen molar-refractivity contribution < 1.29 is 14.3 Å². The molecule has 6 heteroatoms. The third-order valence-electron chi connectivity index (χ3n) is 3.48. The zero-order valence-electron chi connectivity index (χ0n) is 14.4. The predicted molar refractivity (Wildman–Crippen MR) is 101 cm³/mol. The molecule has 0 aliphatic carbocycles. The number of benzene rings is 2. The van der Waals surface area contributed by atoms with Crippen LogP contribution < -0.4 is 0 Å². The molecule has 0 aliphatic rings. The van der Waals surface area contributed by atoms with Gasteiger partial charge in [0.15, 0.2) is 6.10 Å². The van der Waals surface area contributed by atoms with Gasteiger partial charge >= 0.3 is 5.97 Å². The van der Waals surface area contributed by atoms with Crippen molar-refractivity contribution >= 4 is 35.2 Å². The average Bonchev–Trinajstić information content (AvgIpc) is 2.60. The molecule has 132 valence electrons. The van der Waals surface area contributed by atoms with E-state index in [1.807, 2.05) is 36.4 Å². The number of thioether (sulfide) groups is 1. The number of hydrogen-bond donors (Lipinski definition) is 0. The highest BCUT2D eigenvalue weighted by molar-refractivity contribution is 7.98. The predicted octanol–water partition coefficient (Wildman–Crippen LogP) is 4.27. The highest BCUT2D eigenvalue weighted by Gasteiger charge is 2.20. The third kappa shape index (κ3) is 5.80. The lowest BCUT2D eigenvalue weighted by Crippen LogP contribution is -2.34. The summed E-state index contributed by atoms with van der Waals surface area (Å²) >= 11 is 7.56. The summed E-state index contributed by atoms with van der Waals surface area (Å²) in [6, 6.07) is 14.9. The average molecular weight is 378 g/mol. The summed E-state index contributed by atoms with van der Waals surface area (Å²) in [6.07, 6.45) is -0.803. The molecule has 0 radical (unpaired) electrons.